The maximum atomic E-state index is 13.3. The van der Waals surface area contributed by atoms with E-state index in [4.69, 9.17) is 23.7 Å². The lowest BCUT2D eigenvalue weighted by Crippen LogP contribution is -2.52. The van der Waals surface area contributed by atoms with Crippen molar-refractivity contribution in [3.63, 3.8) is 0 Å². The van der Waals surface area contributed by atoms with Crippen LogP contribution >= 0.6 is 0 Å². The van der Waals surface area contributed by atoms with E-state index in [1.165, 1.54) is 13.8 Å². The third-order valence-electron chi connectivity index (χ3n) is 7.07. The summed E-state index contributed by atoms with van der Waals surface area (Å²) in [6.45, 7) is 7.38. The van der Waals surface area contributed by atoms with Gasteiger partial charge in [0.25, 0.3) is 0 Å². The number of aliphatic hydroxyl groups excluding tert-OH is 1. The van der Waals surface area contributed by atoms with Crippen molar-refractivity contribution in [1.29, 1.82) is 0 Å². The molecule has 0 saturated heterocycles. The van der Waals surface area contributed by atoms with Gasteiger partial charge in [-0.15, -0.1) is 0 Å². The van der Waals surface area contributed by atoms with Gasteiger partial charge in [0.1, 0.15) is 19.1 Å². The average molecular weight is 658 g/mol. The van der Waals surface area contributed by atoms with Crippen LogP contribution in [-0.4, -0.2) is 77.9 Å². The fourth-order valence-corrected chi connectivity index (χ4v) is 4.09. The highest BCUT2D eigenvalue weighted by Gasteiger charge is 2.37. The van der Waals surface area contributed by atoms with E-state index in [1.54, 1.807) is 81.4 Å². The van der Waals surface area contributed by atoms with Gasteiger partial charge in [-0.25, -0.2) is 19.2 Å². The lowest BCUT2D eigenvalue weighted by Gasteiger charge is -2.26. The Morgan fingerprint density at radius 2 is 1.34 bits per heavy atom. The highest BCUT2D eigenvalue weighted by atomic mass is 16.6. The molecule has 6 atom stereocenters. The van der Waals surface area contributed by atoms with Crippen LogP contribution in [0.5, 0.6) is 0 Å². The van der Waals surface area contributed by atoms with Gasteiger partial charge in [-0.1, -0.05) is 80.9 Å². The summed E-state index contributed by atoms with van der Waals surface area (Å²) in [5, 5.41) is 12.6. The number of carbonyl (C=O) groups excluding carboxylic acids is 6. The van der Waals surface area contributed by atoms with Crippen molar-refractivity contribution < 1.29 is 57.6 Å². The lowest BCUT2D eigenvalue weighted by molar-refractivity contribution is -0.176. The lowest BCUT2D eigenvalue weighted by atomic mass is 10.0. The SMILES string of the molecule is CCOC(=O)CC(=O)[C@@H](Cc1ccccc1)OC(=O)[C@H](C)OC(=O)[C@@H](NC(=O)OCc1ccccc1)[C@@H](C)OC(=O)[C@@H](O)[C@@H](C)CC. The minimum atomic E-state index is -1.67. The number of Topliss-reactive ketones (excluding diaryl/α,β-unsaturated/α-hetero) is 1. The van der Waals surface area contributed by atoms with Crippen molar-refractivity contribution in [2.75, 3.05) is 6.61 Å². The van der Waals surface area contributed by atoms with E-state index in [9.17, 15) is 33.9 Å². The molecule has 0 saturated carbocycles. The number of hydrogen-bond donors (Lipinski definition) is 2. The number of alkyl carbamates (subject to hydrolysis) is 1. The van der Waals surface area contributed by atoms with Gasteiger partial charge in [-0.05, 0) is 37.8 Å². The first kappa shape index (κ1) is 38.4. The van der Waals surface area contributed by atoms with Crippen LogP contribution in [0.3, 0.4) is 0 Å². The number of nitrogens with one attached hydrogen (secondary N) is 1. The van der Waals surface area contributed by atoms with Gasteiger partial charge in [-0.2, -0.15) is 0 Å². The van der Waals surface area contributed by atoms with Crippen LogP contribution in [-0.2, 0) is 60.7 Å². The third kappa shape index (κ3) is 13.2. The zero-order chi connectivity index (χ0) is 34.9. The molecule has 0 unspecified atom stereocenters. The first-order valence-corrected chi connectivity index (χ1v) is 15.3. The number of esters is 4. The molecule has 0 spiro atoms. The molecule has 0 aliphatic carbocycles. The molecule has 2 N–H and O–H groups in total. The maximum absolute atomic E-state index is 13.3. The van der Waals surface area contributed by atoms with Crippen LogP contribution < -0.4 is 5.32 Å². The van der Waals surface area contributed by atoms with Gasteiger partial charge >= 0.3 is 30.0 Å². The zero-order valence-electron chi connectivity index (χ0n) is 27.2. The Hall–Kier alpha value is -4.78. The minimum Gasteiger partial charge on any atom is -0.466 e. The number of ketones is 1. The Morgan fingerprint density at radius 3 is 1.91 bits per heavy atom. The predicted molar refractivity (Wildman–Crippen MR) is 166 cm³/mol. The molecule has 0 fully saturated rings. The molecule has 256 valence electrons. The molecule has 0 radical (unpaired) electrons. The van der Waals surface area contributed by atoms with E-state index in [-0.39, 0.29) is 19.6 Å². The normalized spacial score (nSPS) is 14.6. The number of aliphatic hydroxyl groups is 1. The molecule has 13 heteroatoms. The molecule has 2 aromatic carbocycles. The van der Waals surface area contributed by atoms with Gasteiger partial charge in [0.05, 0.1) is 6.61 Å². The summed E-state index contributed by atoms with van der Waals surface area (Å²) in [5.41, 5.74) is 1.30. The van der Waals surface area contributed by atoms with E-state index in [2.05, 4.69) is 5.32 Å². The van der Waals surface area contributed by atoms with E-state index in [0.717, 1.165) is 0 Å². The smallest absolute Gasteiger partial charge is 0.408 e. The fraction of sp³-hybridized carbons (Fsp3) is 0.471. The van der Waals surface area contributed by atoms with Crippen LogP contribution in [0.15, 0.2) is 60.7 Å². The predicted octanol–water partition coefficient (Wildman–Crippen LogP) is 3.23. The Labute approximate surface area is 273 Å². The summed E-state index contributed by atoms with van der Waals surface area (Å²) in [5.74, 6) is -5.29. The van der Waals surface area contributed by atoms with E-state index >= 15 is 0 Å². The quantitative estimate of drug-likeness (QED) is 0.136. The number of amides is 1. The molecule has 0 aliphatic heterocycles. The highest BCUT2D eigenvalue weighted by molar-refractivity contribution is 5.99. The molecule has 13 nitrogen and oxygen atoms in total. The van der Waals surface area contributed by atoms with Gasteiger partial charge < -0.3 is 34.1 Å². The number of ether oxygens (including phenoxy) is 5. The molecule has 0 aliphatic rings. The second kappa shape index (κ2) is 19.7. The van der Waals surface area contributed by atoms with Crippen molar-refractivity contribution in [3.8, 4) is 0 Å². The van der Waals surface area contributed by atoms with Gasteiger partial charge in [-0.3, -0.25) is 9.59 Å². The topological polar surface area (TPSA) is 181 Å². The standard InChI is InChI=1S/C34H43NO12/c1-6-21(3)30(38)33(41)45-22(4)29(35-34(42)44-20-25-16-12-9-13-17-25)32(40)46-23(5)31(39)47-27(18-24-14-10-8-11-15-24)26(36)19-28(37)43-7-2/h8-17,21-23,27,29-30,38H,6-7,18-20H2,1-5H3,(H,35,42)/t21-,22+,23-,27+,29-,30-/m0/s1. The molecular weight excluding hydrogens is 614 g/mol. The second-order valence-electron chi connectivity index (χ2n) is 10.8. The number of carbonyl (C=O) groups is 6. The van der Waals surface area contributed by atoms with Gasteiger partial charge in [0.15, 0.2) is 30.1 Å². The number of benzene rings is 2. The maximum Gasteiger partial charge on any atom is 0.408 e. The molecule has 47 heavy (non-hydrogen) atoms. The Balaban J connectivity index is 2.18. The van der Waals surface area contributed by atoms with E-state index in [1.807, 2.05) is 0 Å². The first-order valence-electron chi connectivity index (χ1n) is 15.3. The van der Waals surface area contributed by atoms with Crippen LogP contribution in [0.4, 0.5) is 4.79 Å². The van der Waals surface area contributed by atoms with Crippen molar-refractivity contribution >= 4 is 35.8 Å². The third-order valence-corrected chi connectivity index (χ3v) is 7.07. The van der Waals surface area contributed by atoms with Crippen molar-refractivity contribution in [2.45, 2.75) is 90.9 Å². The van der Waals surface area contributed by atoms with Crippen LogP contribution in [0.2, 0.25) is 0 Å². The van der Waals surface area contributed by atoms with E-state index in [0.29, 0.717) is 17.5 Å². The summed E-state index contributed by atoms with van der Waals surface area (Å²) in [6.07, 6.45) is -7.17. The summed E-state index contributed by atoms with van der Waals surface area (Å²) in [7, 11) is 0. The molecule has 0 bridgehead atoms. The summed E-state index contributed by atoms with van der Waals surface area (Å²) in [4.78, 5) is 76.4. The Morgan fingerprint density at radius 1 is 0.745 bits per heavy atom. The Bertz CT molecular complexity index is 1330. The van der Waals surface area contributed by atoms with Crippen molar-refractivity contribution in [3.05, 3.63) is 71.8 Å². The summed E-state index contributed by atoms with van der Waals surface area (Å²) in [6, 6.07) is 15.7. The largest absolute Gasteiger partial charge is 0.466 e. The average Bonchev–Trinajstić information content (AvgIpc) is 3.05. The molecule has 0 heterocycles. The van der Waals surface area contributed by atoms with Crippen LogP contribution in [0, 0.1) is 5.92 Å². The zero-order valence-corrected chi connectivity index (χ0v) is 27.2. The van der Waals surface area contributed by atoms with E-state index < -0.39 is 78.6 Å². The molecule has 1 amide bonds. The fourth-order valence-electron chi connectivity index (χ4n) is 4.09. The number of hydrogen-bond acceptors (Lipinski definition) is 12. The molecular formula is C34H43NO12. The highest BCUT2D eigenvalue weighted by Crippen LogP contribution is 2.15. The molecule has 0 aromatic heterocycles. The van der Waals surface area contributed by atoms with Crippen LogP contribution in [0.1, 0.15) is 58.6 Å². The summed E-state index contributed by atoms with van der Waals surface area (Å²) < 4.78 is 26.0. The number of rotatable bonds is 18. The van der Waals surface area contributed by atoms with Gasteiger partial charge in [0, 0.05) is 6.42 Å². The second-order valence-corrected chi connectivity index (χ2v) is 10.8. The van der Waals surface area contributed by atoms with Crippen LogP contribution in [0.25, 0.3) is 0 Å². The van der Waals surface area contributed by atoms with Gasteiger partial charge in [0.2, 0.25) is 0 Å². The first-order chi connectivity index (χ1) is 22.4. The Kier molecular flexibility index (Phi) is 16.1. The molecule has 2 aromatic rings. The molecule has 2 rings (SSSR count). The summed E-state index contributed by atoms with van der Waals surface area (Å²) >= 11 is 0. The minimum absolute atomic E-state index is 0.0571. The van der Waals surface area contributed by atoms with Crippen molar-refractivity contribution in [1.82, 2.24) is 5.32 Å². The monoisotopic (exact) mass is 657 g/mol. The van der Waals surface area contributed by atoms with Crippen molar-refractivity contribution in [2.24, 2.45) is 5.92 Å².